The van der Waals surface area contributed by atoms with Crippen molar-refractivity contribution in [3.05, 3.63) is 59.7 Å². The van der Waals surface area contributed by atoms with Crippen LogP contribution in [0.2, 0.25) is 0 Å². The van der Waals surface area contributed by atoms with E-state index in [4.69, 9.17) is 9.15 Å². The summed E-state index contributed by atoms with van der Waals surface area (Å²) >= 11 is 0. The number of ether oxygens (including phenoxy) is 1. The lowest BCUT2D eigenvalue weighted by atomic mass is 10.2. The number of hydrogen-bond donors (Lipinski definition) is 1. The van der Waals surface area contributed by atoms with E-state index in [2.05, 4.69) is 15.4 Å². The molecule has 1 atom stereocenters. The number of rotatable bonds is 7. The van der Waals surface area contributed by atoms with Crippen molar-refractivity contribution in [3.8, 4) is 11.5 Å². The lowest BCUT2D eigenvalue weighted by molar-refractivity contribution is -0.121. The summed E-state index contributed by atoms with van der Waals surface area (Å²) in [6.45, 7) is 2.17. The summed E-state index contributed by atoms with van der Waals surface area (Å²) in [5.74, 6) is 1.01. The Labute approximate surface area is 152 Å². The zero-order valence-corrected chi connectivity index (χ0v) is 15.1. The first-order chi connectivity index (χ1) is 12.6. The van der Waals surface area contributed by atoms with Crippen molar-refractivity contribution in [1.82, 2.24) is 20.1 Å². The first-order valence-electron chi connectivity index (χ1n) is 8.36. The fraction of sp³-hybridized carbons (Fsp3) is 0.316. The molecule has 1 amide bonds. The monoisotopic (exact) mass is 354 g/mol. The molecule has 3 rings (SSSR count). The van der Waals surface area contributed by atoms with E-state index in [9.17, 15) is 4.79 Å². The van der Waals surface area contributed by atoms with Gasteiger partial charge in [-0.15, -0.1) is 0 Å². The van der Waals surface area contributed by atoms with Crippen LogP contribution in [-0.2, 0) is 23.0 Å². The van der Waals surface area contributed by atoms with Crippen molar-refractivity contribution >= 4 is 5.91 Å². The number of nitrogens with one attached hydrogen (secondary N) is 1. The average molecular weight is 354 g/mol. The Morgan fingerprint density at radius 2 is 2.08 bits per heavy atom. The van der Waals surface area contributed by atoms with Crippen LogP contribution in [0, 0.1) is 6.92 Å². The number of aromatic nitrogens is 3. The SMILES string of the molecule is COC[C@H](NC(=O)Cc1nc(-c2ccccc2)oc1C)c1ccnn1C. The van der Waals surface area contributed by atoms with Crippen molar-refractivity contribution in [2.45, 2.75) is 19.4 Å². The van der Waals surface area contributed by atoms with Gasteiger partial charge in [0, 0.05) is 25.9 Å². The van der Waals surface area contributed by atoms with Crippen molar-refractivity contribution in [2.24, 2.45) is 7.05 Å². The molecule has 0 fully saturated rings. The number of oxazole rings is 1. The third-order valence-electron chi connectivity index (χ3n) is 4.13. The predicted octanol–water partition coefficient (Wildman–Crippen LogP) is 2.43. The molecule has 0 saturated carbocycles. The highest BCUT2D eigenvalue weighted by molar-refractivity contribution is 5.79. The number of hydrogen-bond acceptors (Lipinski definition) is 5. The molecule has 7 heteroatoms. The molecule has 7 nitrogen and oxygen atoms in total. The maximum Gasteiger partial charge on any atom is 0.226 e. The first kappa shape index (κ1) is 17.9. The summed E-state index contributed by atoms with van der Waals surface area (Å²) in [6, 6.07) is 11.2. The number of carbonyl (C=O) groups excluding carboxylic acids is 1. The van der Waals surface area contributed by atoms with Crippen LogP contribution in [0.25, 0.3) is 11.5 Å². The van der Waals surface area contributed by atoms with E-state index in [1.165, 1.54) is 0 Å². The Morgan fingerprint density at radius 3 is 2.73 bits per heavy atom. The van der Waals surface area contributed by atoms with Crippen molar-refractivity contribution in [2.75, 3.05) is 13.7 Å². The van der Waals surface area contributed by atoms with Crippen molar-refractivity contribution in [1.29, 1.82) is 0 Å². The third kappa shape index (κ3) is 4.00. The largest absolute Gasteiger partial charge is 0.441 e. The molecule has 0 saturated heterocycles. The van der Waals surface area contributed by atoms with Crippen LogP contribution < -0.4 is 5.32 Å². The van der Waals surface area contributed by atoms with E-state index in [1.807, 2.05) is 50.4 Å². The molecule has 26 heavy (non-hydrogen) atoms. The van der Waals surface area contributed by atoms with Crippen LogP contribution >= 0.6 is 0 Å². The second-order valence-corrected chi connectivity index (χ2v) is 6.02. The molecule has 0 bridgehead atoms. The summed E-state index contributed by atoms with van der Waals surface area (Å²) in [4.78, 5) is 17.0. The Hall–Kier alpha value is -2.93. The van der Waals surface area contributed by atoms with Gasteiger partial charge in [-0.25, -0.2) is 4.98 Å². The molecule has 1 N–H and O–H groups in total. The maximum atomic E-state index is 12.5. The molecule has 2 heterocycles. The first-order valence-corrected chi connectivity index (χ1v) is 8.36. The highest BCUT2D eigenvalue weighted by atomic mass is 16.5. The number of carbonyl (C=O) groups is 1. The van der Waals surface area contributed by atoms with Gasteiger partial charge in [-0.2, -0.15) is 5.10 Å². The average Bonchev–Trinajstić information content (AvgIpc) is 3.21. The lowest BCUT2D eigenvalue weighted by Crippen LogP contribution is -2.33. The molecular formula is C19H22N4O3. The minimum absolute atomic E-state index is 0.139. The zero-order chi connectivity index (χ0) is 18.5. The Kier molecular flexibility index (Phi) is 5.48. The van der Waals surface area contributed by atoms with Gasteiger partial charge in [-0.05, 0) is 25.1 Å². The summed E-state index contributed by atoms with van der Waals surface area (Å²) in [7, 11) is 3.43. The molecule has 3 aromatic rings. The Morgan fingerprint density at radius 1 is 1.31 bits per heavy atom. The maximum absolute atomic E-state index is 12.5. The van der Waals surface area contributed by atoms with Crippen LogP contribution in [0.15, 0.2) is 47.0 Å². The quantitative estimate of drug-likeness (QED) is 0.705. The molecule has 0 unspecified atom stereocenters. The van der Waals surface area contributed by atoms with Crippen LogP contribution in [-0.4, -0.2) is 34.4 Å². The minimum atomic E-state index is -0.277. The van der Waals surface area contributed by atoms with Crippen LogP contribution in [0.1, 0.15) is 23.2 Å². The van der Waals surface area contributed by atoms with E-state index < -0.39 is 0 Å². The fourth-order valence-corrected chi connectivity index (χ4v) is 2.79. The standard InChI is InChI=1S/C19H22N4O3/c1-13-15(22-19(26-13)14-7-5-4-6-8-14)11-18(24)21-16(12-25-3)17-9-10-20-23(17)2/h4-10,16H,11-12H2,1-3H3,(H,21,24)/t16-/m0/s1. The molecule has 1 aromatic carbocycles. The van der Waals surface area contributed by atoms with Gasteiger partial charge < -0.3 is 14.5 Å². The highest BCUT2D eigenvalue weighted by Crippen LogP contribution is 2.22. The van der Waals surface area contributed by atoms with Crippen LogP contribution in [0.5, 0.6) is 0 Å². The third-order valence-corrected chi connectivity index (χ3v) is 4.13. The fourth-order valence-electron chi connectivity index (χ4n) is 2.79. The van der Waals surface area contributed by atoms with Crippen LogP contribution in [0.3, 0.4) is 0 Å². The summed E-state index contributed by atoms with van der Waals surface area (Å²) < 4.78 is 12.7. The Balaban J connectivity index is 1.71. The number of amides is 1. The molecule has 0 aliphatic carbocycles. The van der Waals surface area contributed by atoms with Gasteiger partial charge in [0.2, 0.25) is 11.8 Å². The van der Waals surface area contributed by atoms with E-state index in [0.717, 1.165) is 11.3 Å². The molecule has 0 radical (unpaired) electrons. The van der Waals surface area contributed by atoms with Gasteiger partial charge in [0.05, 0.1) is 30.5 Å². The number of methoxy groups -OCH3 is 1. The zero-order valence-electron chi connectivity index (χ0n) is 15.1. The molecular weight excluding hydrogens is 332 g/mol. The van der Waals surface area contributed by atoms with E-state index in [-0.39, 0.29) is 18.4 Å². The summed E-state index contributed by atoms with van der Waals surface area (Å²) in [5, 5.41) is 7.12. The van der Waals surface area contributed by atoms with Gasteiger partial charge in [0.1, 0.15) is 5.76 Å². The second kappa shape index (κ2) is 7.97. The second-order valence-electron chi connectivity index (χ2n) is 6.02. The molecule has 0 spiro atoms. The Bertz CT molecular complexity index is 870. The minimum Gasteiger partial charge on any atom is -0.441 e. The van der Waals surface area contributed by atoms with Gasteiger partial charge in [0.15, 0.2) is 0 Å². The normalized spacial score (nSPS) is 12.1. The van der Waals surface area contributed by atoms with Crippen molar-refractivity contribution < 1.29 is 13.9 Å². The smallest absolute Gasteiger partial charge is 0.226 e. The van der Waals surface area contributed by atoms with E-state index >= 15 is 0 Å². The summed E-state index contributed by atoms with van der Waals surface area (Å²) in [5.41, 5.74) is 2.39. The number of nitrogens with zero attached hydrogens (tertiary/aromatic N) is 3. The van der Waals surface area contributed by atoms with Crippen LogP contribution in [0.4, 0.5) is 0 Å². The van der Waals surface area contributed by atoms with Gasteiger partial charge in [0.25, 0.3) is 0 Å². The summed E-state index contributed by atoms with van der Waals surface area (Å²) in [6.07, 6.45) is 1.83. The van der Waals surface area contributed by atoms with Gasteiger partial charge >= 0.3 is 0 Å². The molecule has 2 aromatic heterocycles. The highest BCUT2D eigenvalue weighted by Gasteiger charge is 2.20. The molecule has 0 aliphatic heterocycles. The topological polar surface area (TPSA) is 82.2 Å². The van der Waals surface area contributed by atoms with E-state index in [0.29, 0.717) is 24.0 Å². The van der Waals surface area contributed by atoms with Gasteiger partial charge in [-0.1, -0.05) is 18.2 Å². The molecule has 136 valence electrons. The predicted molar refractivity (Wildman–Crippen MR) is 96.3 cm³/mol. The van der Waals surface area contributed by atoms with Crippen molar-refractivity contribution in [3.63, 3.8) is 0 Å². The number of benzene rings is 1. The number of aryl methyl sites for hydroxylation is 2. The van der Waals surface area contributed by atoms with Gasteiger partial charge in [-0.3, -0.25) is 9.48 Å². The lowest BCUT2D eigenvalue weighted by Gasteiger charge is -2.18. The molecule has 0 aliphatic rings. The van der Waals surface area contributed by atoms with E-state index in [1.54, 1.807) is 18.0 Å².